The second kappa shape index (κ2) is 4.91. The van der Waals surface area contributed by atoms with Gasteiger partial charge < -0.3 is 10.8 Å². The number of hydrogen-bond donors (Lipinski definition) is 2. The van der Waals surface area contributed by atoms with Gasteiger partial charge in [0.25, 0.3) is 0 Å². The number of hydrogen-bond acceptors (Lipinski definition) is 3. The van der Waals surface area contributed by atoms with E-state index >= 15 is 0 Å². The minimum atomic E-state index is -0.961. The number of carbonyl (C=O) groups is 1. The molecule has 1 rings (SSSR count). The van der Waals surface area contributed by atoms with Gasteiger partial charge in [-0.15, -0.1) is 0 Å². The molecule has 15 heavy (non-hydrogen) atoms. The van der Waals surface area contributed by atoms with Crippen LogP contribution in [0.4, 0.5) is 0 Å². The fraction of sp³-hybridized carbons (Fsp3) is 0.200. The Bertz CT molecular complexity index is 426. The average Bonchev–Trinajstić information content (AvgIpc) is 2.17. The van der Waals surface area contributed by atoms with Gasteiger partial charge in [-0.1, -0.05) is 15.9 Å². The highest BCUT2D eigenvalue weighted by Gasteiger charge is 2.14. The number of carboxylic acids is 1. The Morgan fingerprint density at radius 2 is 2.33 bits per heavy atom. The van der Waals surface area contributed by atoms with Crippen LogP contribution in [0.2, 0.25) is 0 Å². The molecule has 3 N–H and O–H groups in total. The Kier molecular flexibility index (Phi) is 3.83. The molecule has 0 saturated carbocycles. The standard InChI is InChI=1S/C10H9BrN2O2/c11-8-2-1-6(5-12)3-7(8)9(13)4-10(14)15/h1-3,9H,4,13H2,(H,14,15). The van der Waals surface area contributed by atoms with Crippen LogP contribution >= 0.6 is 15.9 Å². The molecule has 4 nitrogen and oxygen atoms in total. The van der Waals surface area contributed by atoms with Gasteiger partial charge in [0.15, 0.2) is 0 Å². The summed E-state index contributed by atoms with van der Waals surface area (Å²) >= 11 is 3.27. The van der Waals surface area contributed by atoms with E-state index in [-0.39, 0.29) is 6.42 Å². The van der Waals surface area contributed by atoms with Crippen molar-refractivity contribution in [2.45, 2.75) is 12.5 Å². The van der Waals surface area contributed by atoms with E-state index in [1.807, 2.05) is 6.07 Å². The molecule has 1 unspecified atom stereocenters. The minimum Gasteiger partial charge on any atom is -0.481 e. The molecule has 78 valence electrons. The summed E-state index contributed by atoms with van der Waals surface area (Å²) in [6.45, 7) is 0. The summed E-state index contributed by atoms with van der Waals surface area (Å²) in [5, 5.41) is 17.3. The number of nitrogens with zero attached hydrogens (tertiary/aromatic N) is 1. The lowest BCUT2D eigenvalue weighted by Crippen LogP contribution is -2.15. The van der Waals surface area contributed by atoms with Crippen LogP contribution in [0, 0.1) is 11.3 Å². The Morgan fingerprint density at radius 1 is 1.67 bits per heavy atom. The summed E-state index contributed by atoms with van der Waals surface area (Å²) in [6, 6.07) is 6.30. The molecule has 5 heteroatoms. The smallest absolute Gasteiger partial charge is 0.305 e. The lowest BCUT2D eigenvalue weighted by molar-refractivity contribution is -0.137. The first kappa shape index (κ1) is 11.7. The predicted molar refractivity (Wildman–Crippen MR) is 58.0 cm³/mol. The van der Waals surface area contributed by atoms with Crippen molar-refractivity contribution in [2.75, 3.05) is 0 Å². The maximum atomic E-state index is 10.5. The number of carboxylic acid groups (broad SMARTS) is 1. The van der Waals surface area contributed by atoms with Crippen molar-refractivity contribution in [2.24, 2.45) is 5.73 Å². The Hall–Kier alpha value is -1.38. The molecule has 0 bridgehead atoms. The van der Waals surface area contributed by atoms with Gasteiger partial charge in [0.05, 0.1) is 18.1 Å². The van der Waals surface area contributed by atoms with Crippen molar-refractivity contribution in [1.29, 1.82) is 5.26 Å². The van der Waals surface area contributed by atoms with Crippen LogP contribution in [-0.4, -0.2) is 11.1 Å². The zero-order valence-corrected chi connectivity index (χ0v) is 9.36. The Balaban J connectivity index is 3.02. The summed E-state index contributed by atoms with van der Waals surface area (Å²) in [7, 11) is 0. The molecular formula is C10H9BrN2O2. The zero-order valence-electron chi connectivity index (χ0n) is 7.77. The molecule has 0 heterocycles. The highest BCUT2D eigenvalue weighted by atomic mass is 79.9. The number of nitriles is 1. The van der Waals surface area contributed by atoms with Crippen LogP contribution in [0.15, 0.2) is 22.7 Å². The first-order chi connectivity index (χ1) is 7.04. The molecule has 0 aliphatic heterocycles. The van der Waals surface area contributed by atoms with E-state index in [0.717, 1.165) is 4.47 Å². The number of nitrogens with two attached hydrogens (primary N) is 1. The zero-order chi connectivity index (χ0) is 11.4. The third kappa shape index (κ3) is 3.05. The topological polar surface area (TPSA) is 87.1 Å². The van der Waals surface area contributed by atoms with E-state index in [9.17, 15) is 4.79 Å². The first-order valence-corrected chi connectivity index (χ1v) is 5.01. The van der Waals surface area contributed by atoms with Gasteiger partial charge in [-0.3, -0.25) is 4.79 Å². The molecule has 0 aliphatic rings. The second-order valence-corrected chi connectivity index (χ2v) is 3.91. The number of halogens is 1. The summed E-state index contributed by atoms with van der Waals surface area (Å²) in [6.07, 6.45) is -0.159. The van der Waals surface area contributed by atoms with Gasteiger partial charge in [0.2, 0.25) is 0 Å². The van der Waals surface area contributed by atoms with Gasteiger partial charge in [0.1, 0.15) is 0 Å². The van der Waals surface area contributed by atoms with Gasteiger partial charge in [-0.2, -0.15) is 5.26 Å². The van der Waals surface area contributed by atoms with Crippen molar-refractivity contribution in [3.63, 3.8) is 0 Å². The Labute approximate surface area is 95.4 Å². The summed E-state index contributed by atoms with van der Waals surface area (Å²) in [5.41, 5.74) is 6.80. The molecule has 0 saturated heterocycles. The van der Waals surface area contributed by atoms with E-state index in [1.54, 1.807) is 18.2 Å². The molecule has 0 aliphatic carbocycles. The van der Waals surface area contributed by atoms with Gasteiger partial charge >= 0.3 is 5.97 Å². The highest BCUT2D eigenvalue weighted by molar-refractivity contribution is 9.10. The molecule has 1 aromatic rings. The van der Waals surface area contributed by atoms with Crippen LogP contribution in [0.5, 0.6) is 0 Å². The lowest BCUT2D eigenvalue weighted by atomic mass is 10.0. The third-order valence-corrected chi connectivity index (χ3v) is 2.64. The first-order valence-electron chi connectivity index (χ1n) is 4.21. The molecule has 0 radical (unpaired) electrons. The van der Waals surface area contributed by atoms with Crippen LogP contribution in [0.25, 0.3) is 0 Å². The normalized spacial score (nSPS) is 11.8. The average molecular weight is 269 g/mol. The van der Waals surface area contributed by atoms with Gasteiger partial charge in [0, 0.05) is 10.5 Å². The lowest BCUT2D eigenvalue weighted by Gasteiger charge is -2.11. The van der Waals surface area contributed by atoms with E-state index in [2.05, 4.69) is 15.9 Å². The number of benzene rings is 1. The summed E-state index contributed by atoms with van der Waals surface area (Å²) < 4.78 is 0.718. The van der Waals surface area contributed by atoms with Crippen molar-refractivity contribution < 1.29 is 9.90 Å². The minimum absolute atomic E-state index is 0.159. The van der Waals surface area contributed by atoms with Crippen LogP contribution in [0.1, 0.15) is 23.6 Å². The van der Waals surface area contributed by atoms with Crippen molar-refractivity contribution in [3.05, 3.63) is 33.8 Å². The molecule has 0 spiro atoms. The molecular weight excluding hydrogens is 260 g/mol. The van der Waals surface area contributed by atoms with Crippen molar-refractivity contribution >= 4 is 21.9 Å². The molecule has 0 aromatic heterocycles. The molecule has 0 fully saturated rings. The van der Waals surface area contributed by atoms with Crippen molar-refractivity contribution in [1.82, 2.24) is 0 Å². The van der Waals surface area contributed by atoms with E-state index in [4.69, 9.17) is 16.1 Å². The number of aliphatic carboxylic acids is 1. The van der Waals surface area contributed by atoms with Crippen LogP contribution in [0.3, 0.4) is 0 Å². The predicted octanol–water partition coefficient (Wildman–Crippen LogP) is 1.80. The largest absolute Gasteiger partial charge is 0.481 e. The van der Waals surface area contributed by atoms with Gasteiger partial charge in [-0.05, 0) is 23.8 Å². The second-order valence-electron chi connectivity index (χ2n) is 3.05. The van der Waals surface area contributed by atoms with E-state index in [0.29, 0.717) is 11.1 Å². The highest BCUT2D eigenvalue weighted by Crippen LogP contribution is 2.25. The fourth-order valence-corrected chi connectivity index (χ4v) is 1.74. The fourth-order valence-electron chi connectivity index (χ4n) is 1.20. The van der Waals surface area contributed by atoms with Crippen LogP contribution < -0.4 is 5.73 Å². The monoisotopic (exact) mass is 268 g/mol. The molecule has 1 aromatic carbocycles. The van der Waals surface area contributed by atoms with Crippen molar-refractivity contribution in [3.8, 4) is 6.07 Å². The quantitative estimate of drug-likeness (QED) is 0.875. The maximum Gasteiger partial charge on any atom is 0.305 e. The number of rotatable bonds is 3. The van der Waals surface area contributed by atoms with Crippen LogP contribution in [-0.2, 0) is 4.79 Å². The maximum absolute atomic E-state index is 10.5. The third-order valence-electron chi connectivity index (χ3n) is 1.92. The Morgan fingerprint density at radius 3 is 2.87 bits per heavy atom. The van der Waals surface area contributed by atoms with Gasteiger partial charge in [-0.25, -0.2) is 0 Å². The molecule has 0 amide bonds. The van der Waals surface area contributed by atoms with E-state index < -0.39 is 12.0 Å². The molecule has 1 atom stereocenters. The summed E-state index contributed by atoms with van der Waals surface area (Å²) in [4.78, 5) is 10.5. The SMILES string of the molecule is N#Cc1ccc(Br)c(C(N)CC(=O)O)c1. The van der Waals surface area contributed by atoms with E-state index in [1.165, 1.54) is 0 Å². The summed E-state index contributed by atoms with van der Waals surface area (Å²) in [5.74, 6) is -0.961.